The van der Waals surface area contributed by atoms with Crippen molar-refractivity contribution in [2.24, 2.45) is 0 Å². The number of nitrogens with zero attached hydrogens (tertiary/aromatic N) is 5. The molecule has 40 heavy (non-hydrogen) atoms. The summed E-state index contributed by atoms with van der Waals surface area (Å²) in [5.74, 6) is -1.52. The zero-order chi connectivity index (χ0) is 27.7. The van der Waals surface area contributed by atoms with Gasteiger partial charge in [0.25, 0.3) is 0 Å². The van der Waals surface area contributed by atoms with Crippen LogP contribution in [0.2, 0.25) is 0 Å². The Morgan fingerprint density at radius 3 is 2.38 bits per heavy atom. The molecule has 5 aromatic rings. The third kappa shape index (κ3) is 5.16. The number of β-amino-alcohol motifs (C(OH)–C–C–N with tert-alkyl or cyclic N) is 1. The Kier molecular flexibility index (Phi) is 6.75. The van der Waals surface area contributed by atoms with E-state index in [-0.39, 0.29) is 18.7 Å². The van der Waals surface area contributed by atoms with Gasteiger partial charge in [-0.05, 0) is 53.1 Å². The summed E-state index contributed by atoms with van der Waals surface area (Å²) in [7, 11) is 2.02. The predicted molar refractivity (Wildman–Crippen MR) is 151 cm³/mol. The molecule has 1 unspecified atom stereocenters. The standard InChI is InChI=1S/C31H28F2N6O/c1-37(26-10-7-23(8-11-26)22-5-3-2-4-6-22)27-12-14-30-24(15-27)17-38(36-30)18-31(40,19-39-21-34-20-35-39)28-13-9-25(32)16-29(28)33/h2-16,20-21,36,40H,17-19H2,1H3. The molecule has 9 heteroatoms. The number of rotatable bonds is 8. The lowest BCUT2D eigenvalue weighted by Gasteiger charge is -2.33. The maximum Gasteiger partial charge on any atom is 0.137 e. The van der Waals surface area contributed by atoms with Crippen LogP contribution < -0.4 is 10.3 Å². The number of benzene rings is 4. The van der Waals surface area contributed by atoms with Crippen LogP contribution in [0, 0.1) is 11.6 Å². The number of hydrazine groups is 1. The van der Waals surface area contributed by atoms with Gasteiger partial charge >= 0.3 is 0 Å². The maximum absolute atomic E-state index is 14.8. The summed E-state index contributed by atoms with van der Waals surface area (Å²) in [6.45, 7) is 0.444. The van der Waals surface area contributed by atoms with E-state index in [1.54, 1.807) is 0 Å². The summed E-state index contributed by atoms with van der Waals surface area (Å²) in [6, 6.07) is 28.0. The van der Waals surface area contributed by atoms with Crippen LogP contribution >= 0.6 is 0 Å². The summed E-state index contributed by atoms with van der Waals surface area (Å²) >= 11 is 0. The average Bonchev–Trinajstić information content (AvgIpc) is 3.61. The second-order valence-electron chi connectivity index (χ2n) is 10.0. The minimum Gasteiger partial charge on any atom is -0.382 e. The number of hydrogen-bond acceptors (Lipinski definition) is 6. The molecular formula is C31H28F2N6O. The van der Waals surface area contributed by atoms with Crippen molar-refractivity contribution in [3.05, 3.63) is 126 Å². The van der Waals surface area contributed by atoms with Gasteiger partial charge in [-0.15, -0.1) is 0 Å². The molecule has 2 heterocycles. The van der Waals surface area contributed by atoms with Gasteiger partial charge in [0, 0.05) is 36.6 Å². The van der Waals surface area contributed by atoms with Crippen molar-refractivity contribution < 1.29 is 13.9 Å². The normalized spacial score (nSPS) is 14.4. The Hall–Kier alpha value is -4.60. The second-order valence-corrected chi connectivity index (χ2v) is 10.0. The van der Waals surface area contributed by atoms with Crippen LogP contribution in [0.3, 0.4) is 0 Å². The van der Waals surface area contributed by atoms with E-state index in [0.717, 1.165) is 40.3 Å². The molecule has 1 atom stereocenters. The molecular weight excluding hydrogens is 510 g/mol. The van der Waals surface area contributed by atoms with E-state index in [1.807, 2.05) is 42.4 Å². The highest BCUT2D eigenvalue weighted by atomic mass is 19.1. The van der Waals surface area contributed by atoms with E-state index in [1.165, 1.54) is 29.0 Å². The second kappa shape index (κ2) is 10.5. The van der Waals surface area contributed by atoms with E-state index in [9.17, 15) is 13.9 Å². The first-order chi connectivity index (χ1) is 19.4. The van der Waals surface area contributed by atoms with Gasteiger partial charge in [-0.2, -0.15) is 5.10 Å². The molecule has 1 aromatic heterocycles. The van der Waals surface area contributed by atoms with Crippen LogP contribution in [0.15, 0.2) is 104 Å². The Morgan fingerprint density at radius 2 is 1.65 bits per heavy atom. The lowest BCUT2D eigenvalue weighted by Crippen LogP contribution is -2.45. The molecule has 0 radical (unpaired) electrons. The number of fused-ring (bicyclic) bond motifs is 1. The summed E-state index contributed by atoms with van der Waals surface area (Å²) < 4.78 is 29.9. The quantitative estimate of drug-likeness (QED) is 0.263. The highest BCUT2D eigenvalue weighted by Crippen LogP contribution is 2.35. The molecule has 4 aromatic carbocycles. The number of nitrogens with one attached hydrogen (secondary N) is 1. The first-order valence-electron chi connectivity index (χ1n) is 12.9. The first kappa shape index (κ1) is 25.7. The van der Waals surface area contributed by atoms with Crippen LogP contribution in [0.1, 0.15) is 11.1 Å². The van der Waals surface area contributed by atoms with Crippen molar-refractivity contribution in [1.82, 2.24) is 19.8 Å². The minimum absolute atomic E-state index is 0.0125. The van der Waals surface area contributed by atoms with Crippen LogP contribution in [0.5, 0.6) is 0 Å². The Labute approximate surface area is 230 Å². The van der Waals surface area contributed by atoms with Crippen molar-refractivity contribution in [1.29, 1.82) is 0 Å². The molecule has 6 rings (SSSR count). The van der Waals surface area contributed by atoms with E-state index < -0.39 is 17.2 Å². The third-order valence-electron chi connectivity index (χ3n) is 7.25. The van der Waals surface area contributed by atoms with E-state index in [4.69, 9.17) is 0 Å². The van der Waals surface area contributed by atoms with E-state index >= 15 is 0 Å². The van der Waals surface area contributed by atoms with Gasteiger partial charge in [0.05, 0.1) is 18.8 Å². The molecule has 0 saturated heterocycles. The Balaban J connectivity index is 1.20. The van der Waals surface area contributed by atoms with Crippen LogP contribution in [0.25, 0.3) is 11.1 Å². The molecule has 7 nitrogen and oxygen atoms in total. The van der Waals surface area contributed by atoms with Crippen molar-refractivity contribution in [3.8, 4) is 11.1 Å². The number of aliphatic hydroxyl groups is 1. The number of hydrogen-bond donors (Lipinski definition) is 2. The lowest BCUT2D eigenvalue weighted by atomic mass is 9.92. The summed E-state index contributed by atoms with van der Waals surface area (Å²) in [5, 5.41) is 17.6. The molecule has 0 amide bonds. The molecule has 0 fully saturated rings. The Bertz CT molecular complexity index is 1610. The number of halogens is 2. The summed E-state index contributed by atoms with van der Waals surface area (Å²) in [5.41, 5.74) is 7.92. The predicted octanol–water partition coefficient (Wildman–Crippen LogP) is 5.72. The summed E-state index contributed by atoms with van der Waals surface area (Å²) in [6.07, 6.45) is 2.80. The molecule has 2 N–H and O–H groups in total. The van der Waals surface area contributed by atoms with Crippen LogP contribution in [-0.4, -0.2) is 38.5 Å². The third-order valence-corrected chi connectivity index (χ3v) is 7.25. The first-order valence-corrected chi connectivity index (χ1v) is 12.9. The smallest absolute Gasteiger partial charge is 0.137 e. The topological polar surface area (TPSA) is 69.5 Å². The van der Waals surface area contributed by atoms with Crippen molar-refractivity contribution in [2.75, 3.05) is 23.9 Å². The molecule has 202 valence electrons. The van der Waals surface area contributed by atoms with Gasteiger partial charge in [-0.3, -0.25) is 0 Å². The van der Waals surface area contributed by atoms with E-state index in [0.29, 0.717) is 6.54 Å². The zero-order valence-electron chi connectivity index (χ0n) is 21.9. The van der Waals surface area contributed by atoms with Crippen LogP contribution in [0.4, 0.5) is 25.8 Å². The molecule has 0 bridgehead atoms. The lowest BCUT2D eigenvalue weighted by molar-refractivity contribution is -0.0160. The van der Waals surface area contributed by atoms with Gasteiger partial charge in [0.1, 0.15) is 29.9 Å². The van der Waals surface area contributed by atoms with Gasteiger partial charge in [0.15, 0.2) is 0 Å². The minimum atomic E-state index is -1.71. The van der Waals surface area contributed by atoms with Crippen molar-refractivity contribution in [3.63, 3.8) is 0 Å². The van der Waals surface area contributed by atoms with Crippen LogP contribution in [-0.2, 0) is 18.7 Å². The highest BCUT2D eigenvalue weighted by Gasteiger charge is 2.37. The molecule has 1 aliphatic rings. The number of anilines is 3. The highest BCUT2D eigenvalue weighted by molar-refractivity contribution is 5.71. The average molecular weight is 539 g/mol. The molecule has 0 aliphatic carbocycles. The van der Waals surface area contributed by atoms with Gasteiger partial charge in [-0.25, -0.2) is 23.5 Å². The zero-order valence-corrected chi connectivity index (χ0v) is 21.9. The fraction of sp³-hybridized carbons (Fsp3) is 0.161. The molecule has 1 aliphatic heterocycles. The molecule has 0 saturated carbocycles. The fourth-order valence-corrected chi connectivity index (χ4v) is 5.18. The maximum atomic E-state index is 14.8. The van der Waals surface area contributed by atoms with Gasteiger partial charge in [-0.1, -0.05) is 48.5 Å². The van der Waals surface area contributed by atoms with Crippen molar-refractivity contribution in [2.45, 2.75) is 18.7 Å². The van der Waals surface area contributed by atoms with E-state index in [2.05, 4.69) is 62.9 Å². The SMILES string of the molecule is CN(c1ccc(-c2ccccc2)cc1)c1ccc2c(c1)CN(CC(O)(Cn1cncn1)c1ccc(F)cc1F)N2. The van der Waals surface area contributed by atoms with Gasteiger partial charge < -0.3 is 15.4 Å². The monoisotopic (exact) mass is 538 g/mol. The Morgan fingerprint density at radius 1 is 0.900 bits per heavy atom. The fourth-order valence-electron chi connectivity index (χ4n) is 5.18. The largest absolute Gasteiger partial charge is 0.382 e. The van der Waals surface area contributed by atoms with Crippen molar-refractivity contribution >= 4 is 17.1 Å². The summed E-state index contributed by atoms with van der Waals surface area (Å²) in [4.78, 5) is 6.04. The van der Waals surface area contributed by atoms with Gasteiger partial charge in [0.2, 0.25) is 0 Å². The number of aromatic nitrogens is 3. The molecule has 0 spiro atoms.